The summed E-state index contributed by atoms with van der Waals surface area (Å²) in [6.07, 6.45) is 15.0. The Hall–Kier alpha value is -0.0800. The maximum Gasteiger partial charge on any atom is 0.0746 e. The fraction of sp³-hybridized carbons (Fsp3) is 1.00. The van der Waals surface area contributed by atoms with Crippen molar-refractivity contribution in [3.63, 3.8) is 0 Å². The van der Waals surface area contributed by atoms with Gasteiger partial charge < -0.3 is 10.4 Å². The van der Waals surface area contributed by atoms with Gasteiger partial charge in [-0.2, -0.15) is 0 Å². The van der Waals surface area contributed by atoms with Gasteiger partial charge in [-0.1, -0.05) is 19.3 Å². The number of aliphatic hydroxyl groups excluding tert-OH is 1. The summed E-state index contributed by atoms with van der Waals surface area (Å²) in [5.41, 5.74) is 0.274. The lowest BCUT2D eigenvalue weighted by molar-refractivity contribution is -0.129. The van der Waals surface area contributed by atoms with E-state index in [9.17, 15) is 5.11 Å². The topological polar surface area (TPSA) is 32.3 Å². The van der Waals surface area contributed by atoms with Gasteiger partial charge in [0.2, 0.25) is 0 Å². The highest BCUT2D eigenvalue weighted by Crippen LogP contribution is 2.61. The first-order valence-corrected chi connectivity index (χ1v) is 9.59. The van der Waals surface area contributed by atoms with Crippen LogP contribution in [0.3, 0.4) is 0 Å². The molecule has 0 amide bonds. The van der Waals surface area contributed by atoms with E-state index in [1.54, 1.807) is 0 Å². The number of nitrogens with one attached hydrogen (secondary N) is 1. The molecule has 0 heterocycles. The van der Waals surface area contributed by atoms with Crippen LogP contribution in [0.2, 0.25) is 0 Å². The van der Waals surface area contributed by atoms with Crippen LogP contribution in [0.5, 0.6) is 0 Å². The summed E-state index contributed by atoms with van der Waals surface area (Å²) in [5, 5.41) is 14.9. The minimum atomic E-state index is -0.118. The normalized spacial score (nSPS) is 45.7. The summed E-state index contributed by atoms with van der Waals surface area (Å²) < 4.78 is 0. The molecule has 0 aromatic heterocycles. The van der Waals surface area contributed by atoms with Gasteiger partial charge in [0.15, 0.2) is 0 Å². The average Bonchev–Trinajstić information content (AvgIpc) is 2.46. The summed E-state index contributed by atoms with van der Waals surface area (Å²) in [7, 11) is 0. The standard InChI is InChI=1S/C19H33NO/c1-13(20-17-5-3-2-4-6-17)18(21)19-10-14-7-15(11-19)9-16(8-14)12-19/h13-18,20-21H,2-12H2,1H3/t13-,14?,15?,16?,18+,19?/m1/s1. The van der Waals surface area contributed by atoms with Crippen molar-refractivity contribution in [3.05, 3.63) is 0 Å². The Morgan fingerprint density at radius 1 is 0.905 bits per heavy atom. The van der Waals surface area contributed by atoms with Gasteiger partial charge in [-0.3, -0.25) is 0 Å². The molecule has 21 heavy (non-hydrogen) atoms. The molecule has 0 saturated heterocycles. The van der Waals surface area contributed by atoms with Crippen molar-refractivity contribution in [1.82, 2.24) is 5.32 Å². The smallest absolute Gasteiger partial charge is 0.0746 e. The first-order valence-electron chi connectivity index (χ1n) is 9.59. The van der Waals surface area contributed by atoms with E-state index in [2.05, 4.69) is 12.2 Å². The van der Waals surface area contributed by atoms with Crippen molar-refractivity contribution in [2.75, 3.05) is 0 Å². The van der Waals surface area contributed by atoms with Crippen LogP contribution in [0, 0.1) is 23.2 Å². The molecule has 0 aromatic rings. The monoisotopic (exact) mass is 291 g/mol. The number of hydrogen-bond acceptors (Lipinski definition) is 2. The fourth-order valence-electron chi connectivity index (χ4n) is 6.80. The third-order valence-electron chi connectivity index (χ3n) is 7.29. The molecule has 0 unspecified atom stereocenters. The fourth-order valence-corrected chi connectivity index (χ4v) is 6.80. The maximum absolute atomic E-state index is 11.2. The van der Waals surface area contributed by atoms with E-state index in [-0.39, 0.29) is 17.6 Å². The quantitative estimate of drug-likeness (QED) is 0.824. The molecule has 2 nitrogen and oxygen atoms in total. The third kappa shape index (κ3) is 2.67. The summed E-state index contributed by atoms with van der Waals surface area (Å²) in [5.74, 6) is 2.81. The average molecular weight is 291 g/mol. The van der Waals surface area contributed by atoms with Gasteiger partial charge in [0, 0.05) is 12.1 Å². The number of rotatable bonds is 4. The Kier molecular flexibility index (Phi) is 3.82. The van der Waals surface area contributed by atoms with Gasteiger partial charge in [0.1, 0.15) is 0 Å². The van der Waals surface area contributed by atoms with Crippen LogP contribution in [0.4, 0.5) is 0 Å². The summed E-state index contributed by atoms with van der Waals surface area (Å²) in [4.78, 5) is 0. The molecule has 4 bridgehead atoms. The zero-order valence-electron chi connectivity index (χ0n) is 13.7. The highest BCUT2D eigenvalue weighted by molar-refractivity contribution is 5.06. The van der Waals surface area contributed by atoms with E-state index in [0.717, 1.165) is 17.8 Å². The summed E-state index contributed by atoms with van der Waals surface area (Å²) in [6, 6.07) is 0.946. The van der Waals surface area contributed by atoms with Gasteiger partial charge >= 0.3 is 0 Å². The lowest BCUT2D eigenvalue weighted by Crippen LogP contribution is -2.58. The second-order valence-electron chi connectivity index (χ2n) is 9.02. The molecule has 5 saturated carbocycles. The maximum atomic E-state index is 11.2. The minimum Gasteiger partial charge on any atom is -0.391 e. The van der Waals surface area contributed by atoms with Crippen molar-refractivity contribution in [2.24, 2.45) is 23.2 Å². The molecule has 2 heteroatoms. The third-order valence-corrected chi connectivity index (χ3v) is 7.29. The number of hydrogen-bond donors (Lipinski definition) is 2. The van der Waals surface area contributed by atoms with E-state index >= 15 is 0 Å². The van der Waals surface area contributed by atoms with E-state index in [4.69, 9.17) is 0 Å². The number of aliphatic hydroxyl groups is 1. The Balaban J connectivity index is 1.42. The van der Waals surface area contributed by atoms with Crippen molar-refractivity contribution in [1.29, 1.82) is 0 Å². The van der Waals surface area contributed by atoms with Crippen LogP contribution in [0.1, 0.15) is 77.6 Å². The van der Waals surface area contributed by atoms with Gasteiger partial charge in [-0.15, -0.1) is 0 Å². The van der Waals surface area contributed by atoms with Gasteiger partial charge in [-0.05, 0) is 81.5 Å². The van der Waals surface area contributed by atoms with Crippen molar-refractivity contribution < 1.29 is 5.11 Å². The zero-order chi connectivity index (χ0) is 14.4. The Morgan fingerprint density at radius 2 is 1.43 bits per heavy atom. The van der Waals surface area contributed by atoms with Crippen LogP contribution < -0.4 is 5.32 Å². The molecule has 120 valence electrons. The molecule has 0 radical (unpaired) electrons. The van der Waals surface area contributed by atoms with Crippen LogP contribution >= 0.6 is 0 Å². The molecule has 0 aliphatic heterocycles. The molecule has 5 fully saturated rings. The van der Waals surface area contributed by atoms with Crippen molar-refractivity contribution >= 4 is 0 Å². The second kappa shape index (κ2) is 5.53. The van der Waals surface area contributed by atoms with Crippen LogP contribution in [0.15, 0.2) is 0 Å². The molecular weight excluding hydrogens is 258 g/mol. The first-order chi connectivity index (χ1) is 10.1. The SMILES string of the molecule is C[C@@H](NC1CCCCC1)[C@H](O)C12CC3CC(CC(C3)C1)C2. The summed E-state index contributed by atoms with van der Waals surface area (Å²) >= 11 is 0. The van der Waals surface area contributed by atoms with E-state index < -0.39 is 0 Å². The molecule has 5 rings (SSSR count). The highest BCUT2D eigenvalue weighted by atomic mass is 16.3. The Morgan fingerprint density at radius 3 is 1.95 bits per heavy atom. The molecule has 2 N–H and O–H groups in total. The van der Waals surface area contributed by atoms with E-state index in [1.807, 2.05) is 0 Å². The molecule has 0 aromatic carbocycles. The second-order valence-corrected chi connectivity index (χ2v) is 9.02. The Bertz CT molecular complexity index is 338. The molecule has 5 aliphatic carbocycles. The minimum absolute atomic E-state index is 0.118. The molecule has 5 aliphatic rings. The van der Waals surface area contributed by atoms with E-state index in [1.165, 1.54) is 70.6 Å². The Labute approximate surface area is 130 Å². The first kappa shape index (κ1) is 14.5. The lowest BCUT2D eigenvalue weighted by atomic mass is 9.47. The van der Waals surface area contributed by atoms with Gasteiger partial charge in [0.05, 0.1) is 6.10 Å². The largest absolute Gasteiger partial charge is 0.391 e. The van der Waals surface area contributed by atoms with Gasteiger partial charge in [0.25, 0.3) is 0 Å². The van der Waals surface area contributed by atoms with Crippen LogP contribution in [0.25, 0.3) is 0 Å². The van der Waals surface area contributed by atoms with Crippen molar-refractivity contribution in [3.8, 4) is 0 Å². The lowest BCUT2D eigenvalue weighted by Gasteiger charge is -2.59. The van der Waals surface area contributed by atoms with Gasteiger partial charge in [-0.25, -0.2) is 0 Å². The predicted octanol–water partition coefficient (Wildman–Crippen LogP) is 3.87. The van der Waals surface area contributed by atoms with Crippen LogP contribution in [-0.4, -0.2) is 23.3 Å². The zero-order valence-corrected chi connectivity index (χ0v) is 13.7. The molecule has 2 atom stereocenters. The predicted molar refractivity (Wildman–Crippen MR) is 86.1 cm³/mol. The van der Waals surface area contributed by atoms with Crippen LogP contribution in [-0.2, 0) is 0 Å². The molecular formula is C19H33NO. The summed E-state index contributed by atoms with van der Waals surface area (Å²) in [6.45, 7) is 2.25. The highest BCUT2D eigenvalue weighted by Gasteiger charge is 2.54. The molecule has 0 spiro atoms. The van der Waals surface area contributed by atoms with Crippen molar-refractivity contribution in [2.45, 2.75) is 95.7 Å². The van der Waals surface area contributed by atoms with E-state index in [0.29, 0.717) is 6.04 Å².